The Morgan fingerprint density at radius 3 is 2.40 bits per heavy atom. The Balaban J connectivity index is 1.78. The van der Waals surface area contributed by atoms with Crippen LogP contribution in [0.3, 0.4) is 0 Å². The summed E-state index contributed by atoms with van der Waals surface area (Å²) in [7, 11) is 0. The van der Waals surface area contributed by atoms with Crippen molar-refractivity contribution in [3.63, 3.8) is 0 Å². The molecule has 122 valence electrons. The van der Waals surface area contributed by atoms with Crippen molar-refractivity contribution in [3.05, 3.63) is 84.6 Å². The maximum absolute atomic E-state index is 10.1. The molecule has 3 aromatic carbocycles. The summed E-state index contributed by atoms with van der Waals surface area (Å²) >= 11 is 0. The zero-order valence-electron chi connectivity index (χ0n) is 13.9. The van der Waals surface area contributed by atoms with Crippen LogP contribution in [0.15, 0.2) is 78.9 Å². The summed E-state index contributed by atoms with van der Waals surface area (Å²) in [6.07, 6.45) is 0. The van der Waals surface area contributed by atoms with Gasteiger partial charge in [-0.1, -0.05) is 48.5 Å². The molecular formula is C22H18N2O. The number of para-hydroxylation sites is 1. The average Bonchev–Trinajstić information content (AvgIpc) is 2.62. The highest BCUT2D eigenvalue weighted by molar-refractivity contribution is 5.93. The van der Waals surface area contributed by atoms with E-state index in [0.29, 0.717) is 0 Å². The molecule has 0 saturated carbocycles. The number of aromatic hydroxyl groups is 1. The molecule has 0 radical (unpaired) electrons. The maximum Gasteiger partial charge on any atom is 0.118 e. The minimum Gasteiger partial charge on any atom is -0.508 e. The summed E-state index contributed by atoms with van der Waals surface area (Å²) in [5.41, 5.74) is 5.76. The molecule has 1 aromatic heterocycles. The standard InChI is InChI=1S/C22H18N2O/c1-15-11-22(20-9-5-6-10-21(20)23-15)24-18-12-17(13-19(25)14-18)16-7-3-2-4-8-16/h2-14,25H,1H3,(H,23,24). The summed E-state index contributed by atoms with van der Waals surface area (Å²) in [6.45, 7) is 1.98. The minimum absolute atomic E-state index is 0.235. The molecule has 25 heavy (non-hydrogen) atoms. The lowest BCUT2D eigenvalue weighted by Crippen LogP contribution is -1.95. The van der Waals surface area contributed by atoms with Gasteiger partial charge in [0.15, 0.2) is 0 Å². The van der Waals surface area contributed by atoms with Crippen LogP contribution in [0, 0.1) is 6.92 Å². The molecule has 2 N–H and O–H groups in total. The molecule has 0 amide bonds. The van der Waals surface area contributed by atoms with E-state index in [0.717, 1.165) is 39.1 Å². The SMILES string of the molecule is Cc1cc(Nc2cc(O)cc(-c3ccccc3)c2)c2ccccc2n1. The Morgan fingerprint density at radius 2 is 1.56 bits per heavy atom. The molecule has 1 heterocycles. The molecule has 0 atom stereocenters. The lowest BCUT2D eigenvalue weighted by atomic mass is 10.0. The lowest BCUT2D eigenvalue weighted by Gasteiger charge is -2.13. The fraction of sp³-hybridized carbons (Fsp3) is 0.0455. The maximum atomic E-state index is 10.1. The van der Waals surface area contributed by atoms with E-state index in [2.05, 4.69) is 10.3 Å². The van der Waals surface area contributed by atoms with Gasteiger partial charge in [0.2, 0.25) is 0 Å². The number of aromatic nitrogens is 1. The highest BCUT2D eigenvalue weighted by atomic mass is 16.3. The Labute approximate surface area is 146 Å². The van der Waals surface area contributed by atoms with Crippen molar-refractivity contribution in [1.82, 2.24) is 4.98 Å². The van der Waals surface area contributed by atoms with Crippen molar-refractivity contribution < 1.29 is 5.11 Å². The zero-order chi connectivity index (χ0) is 17.2. The summed E-state index contributed by atoms with van der Waals surface area (Å²) in [4.78, 5) is 4.57. The van der Waals surface area contributed by atoms with Crippen molar-refractivity contribution >= 4 is 22.3 Å². The topological polar surface area (TPSA) is 45.1 Å². The van der Waals surface area contributed by atoms with Crippen molar-refractivity contribution in [1.29, 1.82) is 0 Å². The lowest BCUT2D eigenvalue weighted by molar-refractivity contribution is 0.476. The number of pyridine rings is 1. The smallest absolute Gasteiger partial charge is 0.118 e. The van der Waals surface area contributed by atoms with Gasteiger partial charge in [0.25, 0.3) is 0 Å². The van der Waals surface area contributed by atoms with Gasteiger partial charge in [0.05, 0.1) is 5.52 Å². The molecule has 0 aliphatic carbocycles. The number of nitrogens with one attached hydrogen (secondary N) is 1. The van der Waals surface area contributed by atoms with E-state index in [-0.39, 0.29) is 5.75 Å². The monoisotopic (exact) mass is 326 g/mol. The number of benzene rings is 3. The Kier molecular flexibility index (Phi) is 3.82. The summed E-state index contributed by atoms with van der Waals surface area (Å²) in [5, 5.41) is 14.6. The van der Waals surface area contributed by atoms with Crippen molar-refractivity contribution in [2.24, 2.45) is 0 Å². The first-order valence-corrected chi connectivity index (χ1v) is 8.22. The molecule has 0 aliphatic rings. The molecule has 0 unspecified atom stereocenters. The molecule has 0 saturated heterocycles. The van der Waals surface area contributed by atoms with E-state index in [1.54, 1.807) is 12.1 Å². The first-order chi connectivity index (χ1) is 12.2. The second kappa shape index (κ2) is 6.29. The third-order valence-corrected chi connectivity index (χ3v) is 4.15. The Bertz CT molecular complexity index is 1040. The summed E-state index contributed by atoms with van der Waals surface area (Å²) in [6, 6.07) is 25.6. The molecule has 0 bridgehead atoms. The van der Waals surface area contributed by atoms with Gasteiger partial charge < -0.3 is 10.4 Å². The van der Waals surface area contributed by atoms with E-state index < -0.39 is 0 Å². The Morgan fingerprint density at radius 1 is 0.800 bits per heavy atom. The van der Waals surface area contributed by atoms with Gasteiger partial charge in [-0.15, -0.1) is 0 Å². The molecule has 0 aliphatic heterocycles. The number of rotatable bonds is 3. The zero-order valence-corrected chi connectivity index (χ0v) is 13.9. The largest absolute Gasteiger partial charge is 0.508 e. The first-order valence-electron chi connectivity index (χ1n) is 8.22. The van der Waals surface area contributed by atoms with E-state index in [4.69, 9.17) is 0 Å². The third-order valence-electron chi connectivity index (χ3n) is 4.15. The van der Waals surface area contributed by atoms with Crippen LogP contribution in [0.5, 0.6) is 5.75 Å². The van der Waals surface area contributed by atoms with Crippen LogP contribution >= 0.6 is 0 Å². The van der Waals surface area contributed by atoms with Gasteiger partial charge in [-0.05, 0) is 42.3 Å². The molecule has 3 heteroatoms. The van der Waals surface area contributed by atoms with Crippen LogP contribution < -0.4 is 5.32 Å². The van der Waals surface area contributed by atoms with Crippen LogP contribution in [0.1, 0.15) is 5.69 Å². The van der Waals surface area contributed by atoms with Crippen LogP contribution in [0.4, 0.5) is 11.4 Å². The predicted octanol–water partition coefficient (Wildman–Crippen LogP) is 5.66. The van der Waals surface area contributed by atoms with Gasteiger partial charge in [-0.3, -0.25) is 4.98 Å². The third kappa shape index (κ3) is 3.17. The predicted molar refractivity (Wildman–Crippen MR) is 103 cm³/mol. The van der Waals surface area contributed by atoms with Crippen molar-refractivity contribution in [3.8, 4) is 16.9 Å². The van der Waals surface area contributed by atoms with Crippen LogP contribution in [-0.4, -0.2) is 10.1 Å². The number of hydrogen-bond acceptors (Lipinski definition) is 3. The number of hydrogen-bond donors (Lipinski definition) is 2. The molecule has 0 fully saturated rings. The van der Waals surface area contributed by atoms with E-state index in [1.807, 2.05) is 73.7 Å². The van der Waals surface area contributed by atoms with Gasteiger partial charge in [0, 0.05) is 28.5 Å². The van der Waals surface area contributed by atoms with E-state index in [9.17, 15) is 5.11 Å². The number of anilines is 2. The Hall–Kier alpha value is -3.33. The number of phenols is 1. The molecule has 4 rings (SSSR count). The van der Waals surface area contributed by atoms with Crippen LogP contribution in [0.25, 0.3) is 22.0 Å². The average molecular weight is 326 g/mol. The quantitative estimate of drug-likeness (QED) is 0.510. The highest BCUT2D eigenvalue weighted by Gasteiger charge is 2.07. The summed E-state index contributed by atoms with van der Waals surface area (Å²) in [5.74, 6) is 0.235. The van der Waals surface area contributed by atoms with E-state index in [1.165, 1.54) is 0 Å². The van der Waals surface area contributed by atoms with Crippen molar-refractivity contribution in [2.75, 3.05) is 5.32 Å². The minimum atomic E-state index is 0.235. The molecular weight excluding hydrogens is 308 g/mol. The molecule has 0 spiro atoms. The van der Waals surface area contributed by atoms with Gasteiger partial charge in [0.1, 0.15) is 5.75 Å². The highest BCUT2D eigenvalue weighted by Crippen LogP contribution is 2.32. The van der Waals surface area contributed by atoms with Crippen LogP contribution in [-0.2, 0) is 0 Å². The fourth-order valence-corrected chi connectivity index (χ4v) is 3.05. The normalized spacial score (nSPS) is 10.8. The number of aryl methyl sites for hydroxylation is 1. The first kappa shape index (κ1) is 15.2. The van der Waals surface area contributed by atoms with E-state index >= 15 is 0 Å². The second-order valence-corrected chi connectivity index (χ2v) is 6.09. The molecule has 4 aromatic rings. The number of nitrogens with zero attached hydrogens (tertiary/aromatic N) is 1. The van der Waals surface area contributed by atoms with Crippen molar-refractivity contribution in [2.45, 2.75) is 6.92 Å². The van der Waals surface area contributed by atoms with Gasteiger partial charge in [-0.25, -0.2) is 0 Å². The van der Waals surface area contributed by atoms with Gasteiger partial charge >= 0.3 is 0 Å². The number of fused-ring (bicyclic) bond motifs is 1. The van der Waals surface area contributed by atoms with Gasteiger partial charge in [-0.2, -0.15) is 0 Å². The summed E-state index contributed by atoms with van der Waals surface area (Å²) < 4.78 is 0. The fourth-order valence-electron chi connectivity index (χ4n) is 3.05. The second-order valence-electron chi connectivity index (χ2n) is 6.09. The molecule has 3 nitrogen and oxygen atoms in total. The van der Waals surface area contributed by atoms with Crippen LogP contribution in [0.2, 0.25) is 0 Å². The number of phenolic OH excluding ortho intramolecular Hbond substituents is 1.